The van der Waals surface area contributed by atoms with Crippen LogP contribution in [0, 0.1) is 0 Å². The number of nitrogens with one attached hydrogen (secondary N) is 1. The molecule has 1 amide bonds. The van der Waals surface area contributed by atoms with Crippen LogP contribution in [0.4, 0.5) is 11.4 Å². The third-order valence-electron chi connectivity index (χ3n) is 2.40. The molecule has 0 aliphatic rings. The summed E-state index contributed by atoms with van der Waals surface area (Å²) in [5.41, 5.74) is 6.87. The number of ether oxygens (including phenoxy) is 2. The minimum atomic E-state index is -0.382. The zero-order chi connectivity index (χ0) is 13.8. The van der Waals surface area contributed by atoms with E-state index in [1.54, 1.807) is 17.5 Å². The fraction of sp³-hybridized carbons (Fsp3) is 0.182. The Kier molecular flexibility index (Phi) is 3.81. The standard InChI is InChI=1S/C11H12N4O3S/c1-17-9-3-6(12)7(4-10(9)18-2)13-11(16)8-5-19-15-14-8/h3-5H,12H2,1-2H3,(H,13,16). The predicted molar refractivity (Wildman–Crippen MR) is 71.8 cm³/mol. The lowest BCUT2D eigenvalue weighted by molar-refractivity contribution is 0.102. The van der Waals surface area contributed by atoms with Gasteiger partial charge in [0, 0.05) is 17.5 Å². The topological polar surface area (TPSA) is 99.4 Å². The number of nitrogens with zero attached hydrogens (tertiary/aromatic N) is 2. The fourth-order valence-electron chi connectivity index (χ4n) is 1.45. The average molecular weight is 280 g/mol. The molecule has 0 radical (unpaired) electrons. The van der Waals surface area contributed by atoms with Gasteiger partial charge in [-0.05, 0) is 11.5 Å². The summed E-state index contributed by atoms with van der Waals surface area (Å²) in [5, 5.41) is 7.87. The van der Waals surface area contributed by atoms with Crippen molar-refractivity contribution in [3.63, 3.8) is 0 Å². The summed E-state index contributed by atoms with van der Waals surface area (Å²) >= 11 is 1.10. The van der Waals surface area contributed by atoms with Crippen molar-refractivity contribution in [2.45, 2.75) is 0 Å². The zero-order valence-electron chi connectivity index (χ0n) is 10.3. The molecule has 0 aliphatic carbocycles. The Balaban J connectivity index is 2.28. The van der Waals surface area contributed by atoms with Crippen molar-refractivity contribution in [1.29, 1.82) is 0 Å². The highest BCUT2D eigenvalue weighted by Gasteiger charge is 2.14. The van der Waals surface area contributed by atoms with E-state index in [-0.39, 0.29) is 11.6 Å². The van der Waals surface area contributed by atoms with Crippen molar-refractivity contribution >= 4 is 28.8 Å². The van der Waals surface area contributed by atoms with Gasteiger partial charge >= 0.3 is 0 Å². The third-order valence-corrected chi connectivity index (χ3v) is 2.90. The van der Waals surface area contributed by atoms with Crippen molar-refractivity contribution in [3.05, 3.63) is 23.2 Å². The van der Waals surface area contributed by atoms with Crippen LogP contribution < -0.4 is 20.5 Å². The molecule has 3 N–H and O–H groups in total. The van der Waals surface area contributed by atoms with Crippen LogP contribution >= 0.6 is 11.5 Å². The maximum absolute atomic E-state index is 11.8. The van der Waals surface area contributed by atoms with Gasteiger partial charge in [-0.25, -0.2) is 0 Å². The highest BCUT2D eigenvalue weighted by molar-refractivity contribution is 7.03. The average Bonchev–Trinajstić information content (AvgIpc) is 2.94. The lowest BCUT2D eigenvalue weighted by Gasteiger charge is -2.12. The second-order valence-corrected chi connectivity index (χ2v) is 4.15. The van der Waals surface area contributed by atoms with Gasteiger partial charge in [0.05, 0.1) is 25.6 Å². The molecule has 0 atom stereocenters. The Morgan fingerprint density at radius 2 is 2.00 bits per heavy atom. The lowest BCUT2D eigenvalue weighted by Crippen LogP contribution is -2.14. The van der Waals surface area contributed by atoms with Gasteiger partial charge in [0.1, 0.15) is 0 Å². The summed E-state index contributed by atoms with van der Waals surface area (Å²) in [7, 11) is 3.01. The lowest BCUT2D eigenvalue weighted by atomic mass is 10.2. The first-order valence-electron chi connectivity index (χ1n) is 5.25. The van der Waals surface area contributed by atoms with Gasteiger partial charge < -0.3 is 20.5 Å². The molecule has 0 spiro atoms. The van der Waals surface area contributed by atoms with E-state index < -0.39 is 0 Å². The van der Waals surface area contributed by atoms with Crippen molar-refractivity contribution in [1.82, 2.24) is 9.59 Å². The largest absolute Gasteiger partial charge is 0.493 e. The monoisotopic (exact) mass is 280 g/mol. The molecule has 0 bridgehead atoms. The summed E-state index contributed by atoms with van der Waals surface area (Å²) in [6.45, 7) is 0. The quantitative estimate of drug-likeness (QED) is 0.821. The van der Waals surface area contributed by atoms with Crippen LogP contribution in [0.15, 0.2) is 17.5 Å². The Morgan fingerprint density at radius 3 is 2.58 bits per heavy atom. The number of amides is 1. The number of aromatic nitrogens is 2. The summed E-state index contributed by atoms with van der Waals surface area (Å²) in [5.74, 6) is 0.587. The first-order chi connectivity index (χ1) is 9.15. The Hall–Kier alpha value is -2.35. The second kappa shape index (κ2) is 5.53. The van der Waals surface area contributed by atoms with Crippen LogP contribution in [-0.2, 0) is 0 Å². The summed E-state index contributed by atoms with van der Waals surface area (Å²) in [6, 6.07) is 3.17. The first-order valence-corrected chi connectivity index (χ1v) is 6.09. The molecular formula is C11H12N4O3S. The highest BCUT2D eigenvalue weighted by Crippen LogP contribution is 2.34. The molecule has 2 aromatic rings. The molecule has 7 nitrogen and oxygen atoms in total. The maximum Gasteiger partial charge on any atom is 0.277 e. The highest BCUT2D eigenvalue weighted by atomic mass is 32.1. The number of nitrogens with two attached hydrogens (primary N) is 1. The van der Waals surface area contributed by atoms with E-state index in [1.165, 1.54) is 14.2 Å². The molecule has 2 rings (SSSR count). The molecular weight excluding hydrogens is 268 g/mol. The number of carbonyl (C=O) groups excluding carboxylic acids is 1. The molecule has 0 unspecified atom stereocenters. The van der Waals surface area contributed by atoms with Gasteiger partial charge in [-0.15, -0.1) is 5.10 Å². The summed E-state index contributed by atoms with van der Waals surface area (Å²) < 4.78 is 13.9. The minimum Gasteiger partial charge on any atom is -0.493 e. The van der Waals surface area contributed by atoms with Gasteiger partial charge in [0.15, 0.2) is 17.2 Å². The van der Waals surface area contributed by atoms with E-state index in [4.69, 9.17) is 15.2 Å². The molecule has 100 valence electrons. The minimum absolute atomic E-state index is 0.235. The van der Waals surface area contributed by atoms with Gasteiger partial charge in [-0.1, -0.05) is 4.49 Å². The van der Waals surface area contributed by atoms with Crippen molar-refractivity contribution in [2.24, 2.45) is 0 Å². The number of hydrogen-bond acceptors (Lipinski definition) is 7. The summed E-state index contributed by atoms with van der Waals surface area (Å²) in [4.78, 5) is 11.8. The van der Waals surface area contributed by atoms with E-state index in [2.05, 4.69) is 14.9 Å². The Morgan fingerprint density at radius 1 is 1.32 bits per heavy atom. The number of rotatable bonds is 4. The van der Waals surface area contributed by atoms with E-state index in [0.29, 0.717) is 22.9 Å². The molecule has 0 aliphatic heterocycles. The van der Waals surface area contributed by atoms with Gasteiger partial charge in [0.25, 0.3) is 5.91 Å². The molecule has 0 saturated carbocycles. The van der Waals surface area contributed by atoms with Crippen LogP contribution in [0.5, 0.6) is 11.5 Å². The number of carbonyl (C=O) groups is 1. The van der Waals surface area contributed by atoms with Gasteiger partial charge in [0.2, 0.25) is 0 Å². The maximum atomic E-state index is 11.8. The molecule has 1 aromatic carbocycles. The van der Waals surface area contributed by atoms with Crippen molar-refractivity contribution in [3.8, 4) is 11.5 Å². The molecule has 19 heavy (non-hydrogen) atoms. The molecule has 1 heterocycles. The molecule has 0 saturated heterocycles. The second-order valence-electron chi connectivity index (χ2n) is 3.54. The van der Waals surface area contributed by atoms with Crippen LogP contribution in [0.25, 0.3) is 0 Å². The SMILES string of the molecule is COc1cc(N)c(NC(=O)c2csnn2)cc1OC. The van der Waals surface area contributed by atoms with E-state index in [1.807, 2.05) is 0 Å². The normalized spacial score (nSPS) is 10.0. The van der Waals surface area contributed by atoms with E-state index in [9.17, 15) is 4.79 Å². The Bertz CT molecular complexity index is 586. The van der Waals surface area contributed by atoms with E-state index in [0.717, 1.165) is 11.5 Å². The fourth-order valence-corrected chi connectivity index (χ4v) is 1.89. The smallest absolute Gasteiger partial charge is 0.277 e. The molecule has 1 aromatic heterocycles. The number of benzene rings is 1. The number of anilines is 2. The zero-order valence-corrected chi connectivity index (χ0v) is 11.2. The number of hydrogen-bond donors (Lipinski definition) is 2. The number of methoxy groups -OCH3 is 2. The van der Waals surface area contributed by atoms with Crippen LogP contribution in [0.1, 0.15) is 10.5 Å². The van der Waals surface area contributed by atoms with Gasteiger partial charge in [-0.2, -0.15) is 0 Å². The van der Waals surface area contributed by atoms with Gasteiger partial charge in [-0.3, -0.25) is 4.79 Å². The van der Waals surface area contributed by atoms with Crippen LogP contribution in [0.3, 0.4) is 0 Å². The van der Waals surface area contributed by atoms with Crippen LogP contribution in [-0.4, -0.2) is 29.7 Å². The van der Waals surface area contributed by atoms with Crippen LogP contribution in [0.2, 0.25) is 0 Å². The Labute approximate surface area is 113 Å². The summed E-state index contributed by atoms with van der Waals surface area (Å²) in [6.07, 6.45) is 0. The first kappa shape index (κ1) is 13.1. The molecule has 0 fully saturated rings. The molecule has 8 heteroatoms. The third kappa shape index (κ3) is 2.74. The predicted octanol–water partition coefficient (Wildman–Crippen LogP) is 1.39. The van der Waals surface area contributed by atoms with Crippen molar-refractivity contribution < 1.29 is 14.3 Å². The van der Waals surface area contributed by atoms with E-state index >= 15 is 0 Å². The number of nitrogen functional groups attached to an aromatic ring is 1. The van der Waals surface area contributed by atoms with Crippen molar-refractivity contribution in [2.75, 3.05) is 25.3 Å².